The molecule has 1 N–H and O–H groups in total. The van der Waals surface area contributed by atoms with Gasteiger partial charge < -0.3 is 10.1 Å². The normalized spacial score (nSPS) is 15.7. The first-order valence-corrected chi connectivity index (χ1v) is 12.9. The Kier molecular flexibility index (Phi) is 8.13. The van der Waals surface area contributed by atoms with E-state index in [1.807, 2.05) is 62.4 Å². The van der Waals surface area contributed by atoms with Crippen LogP contribution in [0.15, 0.2) is 53.0 Å². The Labute approximate surface area is 193 Å². The summed E-state index contributed by atoms with van der Waals surface area (Å²) in [4.78, 5) is 12.6. The second-order valence-corrected chi connectivity index (χ2v) is 11.0. The number of sulfonamides is 1. The molecule has 3 rings (SSSR count). The number of ether oxygens (including phenoxy) is 1. The Hall–Kier alpha value is -1.90. The molecular formula is C23H29BrN2O4S. The van der Waals surface area contributed by atoms with Crippen molar-refractivity contribution in [3.05, 3.63) is 64.1 Å². The highest BCUT2D eigenvalue weighted by Gasteiger charge is 2.31. The van der Waals surface area contributed by atoms with E-state index in [9.17, 15) is 13.2 Å². The fourth-order valence-corrected chi connectivity index (χ4v) is 5.66. The average Bonchev–Trinajstić information content (AvgIpc) is 2.71. The van der Waals surface area contributed by atoms with Crippen LogP contribution in [0.25, 0.3) is 0 Å². The fourth-order valence-electron chi connectivity index (χ4n) is 3.66. The van der Waals surface area contributed by atoms with E-state index in [4.69, 9.17) is 4.74 Å². The smallest absolute Gasteiger partial charge is 0.223 e. The van der Waals surface area contributed by atoms with Crippen molar-refractivity contribution in [3.63, 3.8) is 0 Å². The van der Waals surface area contributed by atoms with Gasteiger partial charge in [-0.1, -0.05) is 40.2 Å². The van der Waals surface area contributed by atoms with E-state index in [1.54, 1.807) is 0 Å². The maximum Gasteiger partial charge on any atom is 0.223 e. The van der Waals surface area contributed by atoms with Crippen LogP contribution in [-0.2, 0) is 27.1 Å². The number of amides is 1. The number of nitrogens with zero attached hydrogens (tertiary/aromatic N) is 1. The van der Waals surface area contributed by atoms with Crippen molar-refractivity contribution >= 4 is 31.9 Å². The van der Waals surface area contributed by atoms with Crippen LogP contribution in [0.4, 0.5) is 0 Å². The molecule has 1 aliphatic heterocycles. The van der Waals surface area contributed by atoms with Crippen LogP contribution in [0.2, 0.25) is 0 Å². The van der Waals surface area contributed by atoms with Crippen LogP contribution < -0.4 is 10.1 Å². The number of carbonyl (C=O) groups excluding carboxylic acids is 1. The highest BCUT2D eigenvalue weighted by molar-refractivity contribution is 9.10. The van der Waals surface area contributed by atoms with Gasteiger partial charge in [-0.05, 0) is 62.1 Å². The standard InChI is InChI=1S/C23H29BrN2O4S/c1-17(2)30-22-8-4-5-18(14-22)15-25-23(27)20-9-11-26(12-10-20)31(28,29)16-19-6-3-7-21(24)13-19/h3-8,13-14,17,20H,9-12,15-16H2,1-2H3,(H,25,27). The summed E-state index contributed by atoms with van der Waals surface area (Å²) in [7, 11) is -3.41. The largest absolute Gasteiger partial charge is 0.491 e. The predicted molar refractivity (Wildman–Crippen MR) is 125 cm³/mol. The predicted octanol–water partition coefficient (Wildman–Crippen LogP) is 4.09. The first-order valence-electron chi connectivity index (χ1n) is 10.5. The van der Waals surface area contributed by atoms with Gasteiger partial charge in [0, 0.05) is 30.0 Å². The minimum atomic E-state index is -3.41. The van der Waals surface area contributed by atoms with Crippen molar-refractivity contribution in [1.29, 1.82) is 0 Å². The van der Waals surface area contributed by atoms with Crippen molar-refractivity contribution in [2.45, 2.75) is 45.1 Å². The molecule has 1 heterocycles. The lowest BCUT2D eigenvalue weighted by Crippen LogP contribution is -2.43. The molecule has 2 aromatic rings. The number of hydrogen-bond acceptors (Lipinski definition) is 4. The Bertz CT molecular complexity index is 1000. The van der Waals surface area contributed by atoms with Crippen LogP contribution in [0.3, 0.4) is 0 Å². The van der Waals surface area contributed by atoms with Gasteiger partial charge in [0.1, 0.15) is 5.75 Å². The first-order chi connectivity index (χ1) is 14.7. The molecule has 0 unspecified atom stereocenters. The van der Waals surface area contributed by atoms with E-state index in [0.717, 1.165) is 21.3 Å². The van der Waals surface area contributed by atoms with Gasteiger partial charge in [0.15, 0.2) is 0 Å². The van der Waals surface area contributed by atoms with Crippen LogP contribution in [0.5, 0.6) is 5.75 Å². The van der Waals surface area contributed by atoms with Crippen molar-refractivity contribution in [3.8, 4) is 5.75 Å². The van der Waals surface area contributed by atoms with Gasteiger partial charge in [0.2, 0.25) is 15.9 Å². The molecule has 8 heteroatoms. The summed E-state index contributed by atoms with van der Waals surface area (Å²) in [5.41, 5.74) is 1.72. The number of rotatable bonds is 8. The summed E-state index contributed by atoms with van der Waals surface area (Å²) in [6.45, 7) is 5.10. The molecule has 0 aromatic heterocycles. The molecule has 1 fully saturated rings. The summed E-state index contributed by atoms with van der Waals surface area (Å²) < 4.78 is 33.6. The summed E-state index contributed by atoms with van der Waals surface area (Å²) in [5.74, 6) is 0.551. The third-order valence-corrected chi connectivity index (χ3v) is 7.54. The van der Waals surface area contributed by atoms with Gasteiger partial charge in [0.25, 0.3) is 0 Å². The molecule has 2 aromatic carbocycles. The molecule has 168 valence electrons. The molecule has 0 saturated carbocycles. The maximum atomic E-state index is 12.8. The summed E-state index contributed by atoms with van der Waals surface area (Å²) in [6, 6.07) is 15.0. The van der Waals surface area contributed by atoms with Gasteiger partial charge in [-0.25, -0.2) is 12.7 Å². The van der Waals surface area contributed by atoms with E-state index in [-0.39, 0.29) is 23.7 Å². The topological polar surface area (TPSA) is 75.7 Å². The Balaban J connectivity index is 1.49. The van der Waals surface area contributed by atoms with E-state index >= 15 is 0 Å². The minimum Gasteiger partial charge on any atom is -0.491 e. The minimum absolute atomic E-state index is 0.0285. The highest BCUT2D eigenvalue weighted by Crippen LogP contribution is 2.23. The fraction of sp³-hybridized carbons (Fsp3) is 0.435. The van der Waals surface area contributed by atoms with Gasteiger partial charge in [0.05, 0.1) is 11.9 Å². The molecule has 6 nitrogen and oxygen atoms in total. The number of benzene rings is 2. The Morgan fingerprint density at radius 1 is 1.13 bits per heavy atom. The van der Waals surface area contributed by atoms with Gasteiger partial charge in [-0.2, -0.15) is 0 Å². The zero-order valence-electron chi connectivity index (χ0n) is 17.9. The zero-order valence-corrected chi connectivity index (χ0v) is 20.3. The van der Waals surface area contributed by atoms with E-state index in [2.05, 4.69) is 21.2 Å². The lowest BCUT2D eigenvalue weighted by molar-refractivity contribution is -0.126. The van der Waals surface area contributed by atoms with Crippen molar-refractivity contribution in [2.24, 2.45) is 5.92 Å². The maximum absolute atomic E-state index is 12.8. The third kappa shape index (κ3) is 7.05. The number of nitrogens with one attached hydrogen (secondary N) is 1. The van der Waals surface area contributed by atoms with Crippen LogP contribution in [0, 0.1) is 5.92 Å². The molecule has 31 heavy (non-hydrogen) atoms. The molecule has 0 spiro atoms. The van der Waals surface area contributed by atoms with Crippen molar-refractivity contribution < 1.29 is 17.9 Å². The van der Waals surface area contributed by atoms with Crippen molar-refractivity contribution in [1.82, 2.24) is 9.62 Å². The van der Waals surface area contributed by atoms with E-state index in [1.165, 1.54) is 4.31 Å². The Morgan fingerprint density at radius 3 is 2.48 bits per heavy atom. The first kappa shape index (κ1) is 23.8. The monoisotopic (exact) mass is 508 g/mol. The molecule has 1 amide bonds. The lowest BCUT2D eigenvalue weighted by Gasteiger charge is -2.30. The number of hydrogen-bond donors (Lipinski definition) is 1. The van der Waals surface area contributed by atoms with Gasteiger partial charge >= 0.3 is 0 Å². The Morgan fingerprint density at radius 2 is 1.81 bits per heavy atom. The second-order valence-electron chi connectivity index (χ2n) is 8.09. The highest BCUT2D eigenvalue weighted by atomic mass is 79.9. The van der Waals surface area contributed by atoms with Gasteiger partial charge in [-0.3, -0.25) is 4.79 Å². The molecule has 0 atom stereocenters. The molecule has 0 bridgehead atoms. The van der Waals surface area contributed by atoms with Crippen LogP contribution in [-0.4, -0.2) is 37.8 Å². The molecule has 0 aliphatic carbocycles. The molecular weight excluding hydrogens is 480 g/mol. The van der Waals surface area contributed by atoms with Gasteiger partial charge in [-0.15, -0.1) is 0 Å². The zero-order chi connectivity index (χ0) is 22.4. The molecule has 1 saturated heterocycles. The van der Waals surface area contributed by atoms with Crippen molar-refractivity contribution in [2.75, 3.05) is 13.1 Å². The third-order valence-electron chi connectivity index (χ3n) is 5.19. The molecule has 1 aliphatic rings. The number of halogens is 1. The average molecular weight is 509 g/mol. The molecule has 0 radical (unpaired) electrons. The summed E-state index contributed by atoms with van der Waals surface area (Å²) >= 11 is 3.38. The quantitative estimate of drug-likeness (QED) is 0.582. The van der Waals surface area contributed by atoms with Crippen LogP contribution >= 0.6 is 15.9 Å². The second kappa shape index (κ2) is 10.6. The number of piperidine rings is 1. The summed E-state index contributed by atoms with van der Waals surface area (Å²) in [5, 5.41) is 2.98. The SMILES string of the molecule is CC(C)Oc1cccc(CNC(=O)C2CCN(S(=O)(=O)Cc3cccc(Br)c3)CC2)c1. The number of carbonyl (C=O) groups is 1. The van der Waals surface area contributed by atoms with E-state index < -0.39 is 10.0 Å². The van der Waals surface area contributed by atoms with Crippen LogP contribution in [0.1, 0.15) is 37.8 Å². The van der Waals surface area contributed by atoms with E-state index in [0.29, 0.717) is 32.5 Å². The lowest BCUT2D eigenvalue weighted by atomic mass is 9.97. The summed E-state index contributed by atoms with van der Waals surface area (Å²) in [6.07, 6.45) is 1.15.